The van der Waals surface area contributed by atoms with E-state index in [1.54, 1.807) is 18.3 Å². The molecule has 1 aromatic heterocycles. The Morgan fingerprint density at radius 3 is 2.83 bits per heavy atom. The van der Waals surface area contributed by atoms with Crippen LogP contribution >= 0.6 is 15.9 Å². The minimum atomic E-state index is -0.267. The number of nitrogens with two attached hydrogens (primary N) is 1. The zero-order valence-corrected chi connectivity index (χ0v) is 11.5. The summed E-state index contributed by atoms with van der Waals surface area (Å²) in [6.07, 6.45) is 2.29. The highest BCUT2D eigenvalue weighted by molar-refractivity contribution is 9.10. The first kappa shape index (κ1) is 13.1. The summed E-state index contributed by atoms with van der Waals surface area (Å²) >= 11 is 3.33. The Labute approximate surface area is 113 Å². The SMILES string of the molecule is Cc1nccc(C(N)Cc2ccc(F)cc2Br)n1. The van der Waals surface area contributed by atoms with Gasteiger partial charge in [-0.05, 0) is 37.1 Å². The van der Waals surface area contributed by atoms with Gasteiger partial charge in [0.25, 0.3) is 0 Å². The molecule has 5 heteroatoms. The Balaban J connectivity index is 2.18. The zero-order valence-electron chi connectivity index (χ0n) is 9.90. The van der Waals surface area contributed by atoms with E-state index in [1.165, 1.54) is 12.1 Å². The smallest absolute Gasteiger partial charge is 0.125 e. The number of hydrogen-bond donors (Lipinski definition) is 1. The van der Waals surface area contributed by atoms with Crippen LogP contribution in [-0.4, -0.2) is 9.97 Å². The molecule has 2 aromatic rings. The molecule has 0 aliphatic carbocycles. The summed E-state index contributed by atoms with van der Waals surface area (Å²) in [6, 6.07) is 6.17. The van der Waals surface area contributed by atoms with E-state index in [2.05, 4.69) is 25.9 Å². The molecule has 0 saturated heterocycles. The number of halogens is 2. The molecule has 2 N–H and O–H groups in total. The van der Waals surface area contributed by atoms with Gasteiger partial charge in [0.15, 0.2) is 0 Å². The second-order valence-corrected chi connectivity index (χ2v) is 4.93. The fraction of sp³-hybridized carbons (Fsp3) is 0.231. The fourth-order valence-electron chi connectivity index (χ4n) is 1.71. The first-order valence-electron chi connectivity index (χ1n) is 5.55. The van der Waals surface area contributed by atoms with Gasteiger partial charge in [-0.25, -0.2) is 14.4 Å². The molecule has 0 radical (unpaired) electrons. The van der Waals surface area contributed by atoms with Gasteiger partial charge in [-0.3, -0.25) is 0 Å². The van der Waals surface area contributed by atoms with Gasteiger partial charge in [-0.15, -0.1) is 0 Å². The van der Waals surface area contributed by atoms with Crippen molar-refractivity contribution >= 4 is 15.9 Å². The monoisotopic (exact) mass is 309 g/mol. The number of benzene rings is 1. The van der Waals surface area contributed by atoms with E-state index in [0.717, 1.165) is 15.7 Å². The van der Waals surface area contributed by atoms with Crippen LogP contribution in [0.3, 0.4) is 0 Å². The predicted octanol–water partition coefficient (Wildman–Crippen LogP) is 2.93. The molecule has 0 saturated carbocycles. The molecular weight excluding hydrogens is 297 g/mol. The number of aromatic nitrogens is 2. The maximum Gasteiger partial charge on any atom is 0.125 e. The quantitative estimate of drug-likeness (QED) is 0.948. The fourth-order valence-corrected chi connectivity index (χ4v) is 2.22. The first-order valence-corrected chi connectivity index (χ1v) is 6.34. The van der Waals surface area contributed by atoms with Gasteiger partial charge in [0.2, 0.25) is 0 Å². The Morgan fingerprint density at radius 2 is 2.17 bits per heavy atom. The minimum absolute atomic E-state index is 0.228. The predicted molar refractivity (Wildman–Crippen MR) is 71.5 cm³/mol. The molecule has 0 amide bonds. The molecule has 1 atom stereocenters. The van der Waals surface area contributed by atoms with Gasteiger partial charge >= 0.3 is 0 Å². The molecule has 2 rings (SSSR count). The van der Waals surface area contributed by atoms with Gasteiger partial charge in [-0.1, -0.05) is 22.0 Å². The topological polar surface area (TPSA) is 51.8 Å². The molecule has 0 aliphatic heterocycles. The molecule has 1 heterocycles. The lowest BCUT2D eigenvalue weighted by atomic mass is 10.0. The van der Waals surface area contributed by atoms with Crippen LogP contribution < -0.4 is 5.73 Å². The molecule has 0 spiro atoms. The Kier molecular flexibility index (Phi) is 4.04. The van der Waals surface area contributed by atoms with Crippen molar-refractivity contribution in [1.82, 2.24) is 9.97 Å². The maximum absolute atomic E-state index is 13.0. The Hall–Kier alpha value is -1.33. The average molecular weight is 310 g/mol. The summed E-state index contributed by atoms with van der Waals surface area (Å²) in [5.41, 5.74) is 7.85. The number of nitrogens with zero attached hydrogens (tertiary/aromatic N) is 2. The summed E-state index contributed by atoms with van der Waals surface area (Å²) in [5, 5.41) is 0. The minimum Gasteiger partial charge on any atom is -0.322 e. The van der Waals surface area contributed by atoms with E-state index < -0.39 is 0 Å². The summed E-state index contributed by atoms with van der Waals surface area (Å²) in [4.78, 5) is 8.32. The second kappa shape index (κ2) is 5.54. The highest BCUT2D eigenvalue weighted by atomic mass is 79.9. The third kappa shape index (κ3) is 3.11. The molecule has 94 valence electrons. The highest BCUT2D eigenvalue weighted by Crippen LogP contribution is 2.22. The van der Waals surface area contributed by atoms with Crippen LogP contribution in [0.25, 0.3) is 0 Å². The molecule has 1 aromatic carbocycles. The van der Waals surface area contributed by atoms with Gasteiger partial charge in [0.1, 0.15) is 11.6 Å². The normalized spacial score (nSPS) is 12.4. The molecule has 0 aliphatic rings. The van der Waals surface area contributed by atoms with Gasteiger partial charge in [0, 0.05) is 10.7 Å². The molecule has 1 unspecified atom stereocenters. The van der Waals surface area contributed by atoms with E-state index in [0.29, 0.717) is 12.2 Å². The van der Waals surface area contributed by atoms with Crippen LogP contribution in [0.1, 0.15) is 23.1 Å². The number of aryl methyl sites for hydroxylation is 1. The molecule has 0 bridgehead atoms. The third-order valence-corrected chi connectivity index (χ3v) is 3.37. The molecule has 18 heavy (non-hydrogen) atoms. The van der Waals surface area contributed by atoms with Crippen molar-refractivity contribution in [3.05, 3.63) is 57.8 Å². The average Bonchev–Trinajstić information content (AvgIpc) is 2.32. The highest BCUT2D eigenvalue weighted by Gasteiger charge is 2.11. The van der Waals surface area contributed by atoms with Crippen LogP contribution in [0, 0.1) is 12.7 Å². The van der Waals surface area contributed by atoms with Crippen molar-refractivity contribution in [2.24, 2.45) is 5.73 Å². The van der Waals surface area contributed by atoms with E-state index in [4.69, 9.17) is 5.73 Å². The number of rotatable bonds is 3. The van der Waals surface area contributed by atoms with E-state index in [1.807, 2.05) is 6.92 Å². The maximum atomic E-state index is 13.0. The van der Waals surface area contributed by atoms with Gasteiger partial charge in [0.05, 0.1) is 11.7 Å². The largest absolute Gasteiger partial charge is 0.322 e. The van der Waals surface area contributed by atoms with Crippen LogP contribution in [0.4, 0.5) is 4.39 Å². The third-order valence-electron chi connectivity index (χ3n) is 2.63. The van der Waals surface area contributed by atoms with E-state index in [-0.39, 0.29) is 11.9 Å². The van der Waals surface area contributed by atoms with Crippen LogP contribution in [0.5, 0.6) is 0 Å². The Bertz CT molecular complexity index is 560. The molecule has 3 nitrogen and oxygen atoms in total. The molecular formula is C13H13BrFN3. The summed E-state index contributed by atoms with van der Waals surface area (Å²) in [5.74, 6) is 0.429. The van der Waals surface area contributed by atoms with Gasteiger partial charge in [-0.2, -0.15) is 0 Å². The second-order valence-electron chi connectivity index (χ2n) is 4.08. The lowest BCUT2D eigenvalue weighted by Gasteiger charge is -2.12. The van der Waals surface area contributed by atoms with Crippen molar-refractivity contribution in [1.29, 1.82) is 0 Å². The summed E-state index contributed by atoms with van der Waals surface area (Å²) in [7, 11) is 0. The summed E-state index contributed by atoms with van der Waals surface area (Å²) < 4.78 is 13.7. The zero-order chi connectivity index (χ0) is 13.1. The van der Waals surface area contributed by atoms with Crippen molar-refractivity contribution in [2.75, 3.05) is 0 Å². The summed E-state index contributed by atoms with van der Waals surface area (Å²) in [6.45, 7) is 1.82. The van der Waals surface area contributed by atoms with Crippen molar-refractivity contribution in [3.8, 4) is 0 Å². The van der Waals surface area contributed by atoms with Crippen LogP contribution in [-0.2, 0) is 6.42 Å². The lowest BCUT2D eigenvalue weighted by Crippen LogP contribution is -2.16. The Morgan fingerprint density at radius 1 is 1.39 bits per heavy atom. The van der Waals surface area contributed by atoms with Crippen LogP contribution in [0.2, 0.25) is 0 Å². The van der Waals surface area contributed by atoms with E-state index in [9.17, 15) is 4.39 Å². The standard InChI is InChI=1S/C13H13BrFN3/c1-8-17-5-4-13(18-8)12(16)6-9-2-3-10(15)7-11(9)14/h2-5,7,12H,6,16H2,1H3. The van der Waals surface area contributed by atoms with E-state index >= 15 is 0 Å². The lowest BCUT2D eigenvalue weighted by molar-refractivity contribution is 0.623. The van der Waals surface area contributed by atoms with Gasteiger partial charge < -0.3 is 5.73 Å². The van der Waals surface area contributed by atoms with Crippen molar-refractivity contribution in [2.45, 2.75) is 19.4 Å². The number of hydrogen-bond acceptors (Lipinski definition) is 3. The van der Waals surface area contributed by atoms with Crippen molar-refractivity contribution in [3.63, 3.8) is 0 Å². The van der Waals surface area contributed by atoms with Crippen LogP contribution in [0.15, 0.2) is 34.9 Å². The molecule has 0 fully saturated rings. The first-order chi connectivity index (χ1) is 8.56. The van der Waals surface area contributed by atoms with Crippen molar-refractivity contribution < 1.29 is 4.39 Å².